The highest BCUT2D eigenvalue weighted by atomic mass is 127. The van der Waals surface area contributed by atoms with Gasteiger partial charge in [0.2, 0.25) is 0 Å². The van der Waals surface area contributed by atoms with Gasteiger partial charge in [0.05, 0.1) is 0 Å². The Balaban J connectivity index is 0.00000729. The Labute approximate surface area is 184 Å². The Bertz CT molecular complexity index is 659. The highest BCUT2D eigenvalue weighted by Crippen LogP contribution is 2.06. The van der Waals surface area contributed by atoms with Crippen LogP contribution in [0, 0.1) is 0 Å². The van der Waals surface area contributed by atoms with Crippen LogP contribution < -0.4 is 21.3 Å². The zero-order chi connectivity index (χ0) is 20.3. The topological polar surface area (TPSA) is 104 Å². The van der Waals surface area contributed by atoms with Crippen LogP contribution in [0.15, 0.2) is 29.3 Å². The number of hydrogen-bond acceptors (Lipinski definition) is 4. The van der Waals surface area contributed by atoms with E-state index in [9.17, 15) is 9.59 Å². The number of amides is 2. The fourth-order valence-corrected chi connectivity index (χ4v) is 2.22. The Morgan fingerprint density at radius 3 is 2.32 bits per heavy atom. The predicted octanol–water partition coefficient (Wildman–Crippen LogP) is 1.90. The number of carbonyl (C=O) groups is 2. The first kappa shape index (κ1) is 26.0. The third-order valence-corrected chi connectivity index (χ3v) is 3.43. The van der Waals surface area contributed by atoms with Crippen molar-refractivity contribution in [2.45, 2.75) is 32.8 Å². The molecule has 0 spiro atoms. The lowest BCUT2D eigenvalue weighted by molar-refractivity contribution is 0.0528. The fourth-order valence-electron chi connectivity index (χ4n) is 2.22. The lowest BCUT2D eigenvalue weighted by atomic mass is 10.1. The van der Waals surface area contributed by atoms with Crippen LogP contribution in [0.25, 0.3) is 0 Å². The zero-order valence-corrected chi connectivity index (χ0v) is 19.5. The molecule has 0 saturated carbocycles. The summed E-state index contributed by atoms with van der Waals surface area (Å²) in [6.45, 7) is 7.06. The molecule has 0 saturated heterocycles. The third kappa shape index (κ3) is 11.0. The van der Waals surface area contributed by atoms with Crippen LogP contribution in [0.5, 0.6) is 0 Å². The molecule has 0 aliphatic carbocycles. The number of alkyl carbamates (subject to hydrolysis) is 1. The molecule has 8 nitrogen and oxygen atoms in total. The number of aliphatic imine (C=N–C) groups is 1. The molecule has 0 atom stereocenters. The molecule has 0 aliphatic heterocycles. The summed E-state index contributed by atoms with van der Waals surface area (Å²) in [5, 5.41) is 11.6. The SMILES string of the molecule is CN=C(NCCNC(=O)OC(C)(C)C)NCCc1cccc(C(=O)NC)c1.I. The summed E-state index contributed by atoms with van der Waals surface area (Å²) in [7, 11) is 3.30. The molecule has 0 bridgehead atoms. The van der Waals surface area contributed by atoms with Gasteiger partial charge in [-0.3, -0.25) is 9.79 Å². The summed E-state index contributed by atoms with van der Waals surface area (Å²) >= 11 is 0. The van der Waals surface area contributed by atoms with Crippen LogP contribution in [-0.4, -0.2) is 57.3 Å². The van der Waals surface area contributed by atoms with Gasteiger partial charge in [-0.15, -0.1) is 24.0 Å². The second kappa shape index (κ2) is 13.2. The fraction of sp³-hybridized carbons (Fsp3) is 0.526. The molecule has 0 heterocycles. The first-order valence-electron chi connectivity index (χ1n) is 8.97. The Morgan fingerprint density at radius 1 is 1.07 bits per heavy atom. The summed E-state index contributed by atoms with van der Waals surface area (Å²) in [6, 6.07) is 7.51. The molecule has 0 aromatic heterocycles. The van der Waals surface area contributed by atoms with E-state index in [0.717, 1.165) is 12.0 Å². The van der Waals surface area contributed by atoms with E-state index in [1.807, 2.05) is 39.0 Å². The van der Waals surface area contributed by atoms with Crippen LogP contribution in [0.3, 0.4) is 0 Å². The minimum Gasteiger partial charge on any atom is -0.444 e. The third-order valence-electron chi connectivity index (χ3n) is 3.43. The molecule has 4 N–H and O–H groups in total. The van der Waals surface area contributed by atoms with Gasteiger partial charge in [0.1, 0.15) is 5.60 Å². The molecule has 1 rings (SSSR count). The minimum atomic E-state index is -0.510. The number of hydrogen-bond donors (Lipinski definition) is 4. The van der Waals surface area contributed by atoms with Crippen molar-refractivity contribution in [3.8, 4) is 0 Å². The maximum atomic E-state index is 11.7. The van der Waals surface area contributed by atoms with Gasteiger partial charge in [-0.1, -0.05) is 12.1 Å². The summed E-state index contributed by atoms with van der Waals surface area (Å²) in [4.78, 5) is 27.4. The molecular weight excluding hydrogens is 473 g/mol. The number of nitrogens with one attached hydrogen (secondary N) is 4. The Morgan fingerprint density at radius 2 is 1.71 bits per heavy atom. The number of guanidine groups is 1. The van der Waals surface area contributed by atoms with Crippen molar-refractivity contribution >= 4 is 41.9 Å². The second-order valence-electron chi connectivity index (χ2n) is 6.88. The van der Waals surface area contributed by atoms with Crippen LogP contribution in [-0.2, 0) is 11.2 Å². The predicted molar refractivity (Wildman–Crippen MR) is 123 cm³/mol. The molecule has 0 radical (unpaired) electrons. The van der Waals surface area contributed by atoms with Gasteiger partial charge < -0.3 is 26.0 Å². The van der Waals surface area contributed by atoms with Crippen LogP contribution in [0.1, 0.15) is 36.7 Å². The standard InChI is InChI=1S/C19H31N5O3.HI/c1-19(2,3)27-18(26)24-12-11-23-17(21-5)22-10-9-14-7-6-8-15(13-14)16(25)20-4;/h6-8,13H,9-12H2,1-5H3,(H,20,25)(H,24,26)(H2,21,22,23);1H. The van der Waals surface area contributed by atoms with Gasteiger partial charge in [-0.05, 0) is 44.9 Å². The molecule has 2 amide bonds. The van der Waals surface area contributed by atoms with E-state index >= 15 is 0 Å². The van der Waals surface area contributed by atoms with E-state index in [2.05, 4.69) is 26.3 Å². The van der Waals surface area contributed by atoms with Gasteiger partial charge in [-0.25, -0.2) is 4.79 Å². The highest BCUT2D eigenvalue weighted by molar-refractivity contribution is 14.0. The zero-order valence-electron chi connectivity index (χ0n) is 17.2. The van der Waals surface area contributed by atoms with Crippen molar-refractivity contribution in [2.75, 3.05) is 33.7 Å². The summed E-state index contributed by atoms with van der Waals surface area (Å²) in [6.07, 6.45) is 0.310. The number of rotatable bonds is 7. The van der Waals surface area contributed by atoms with E-state index in [1.165, 1.54) is 0 Å². The molecule has 1 aromatic rings. The van der Waals surface area contributed by atoms with Crippen LogP contribution >= 0.6 is 24.0 Å². The van der Waals surface area contributed by atoms with E-state index < -0.39 is 11.7 Å². The Kier molecular flexibility index (Phi) is 12.2. The lowest BCUT2D eigenvalue weighted by Crippen LogP contribution is -2.43. The van der Waals surface area contributed by atoms with Gasteiger partial charge in [0.15, 0.2) is 5.96 Å². The lowest BCUT2D eigenvalue weighted by Gasteiger charge is -2.20. The Hall–Kier alpha value is -2.04. The quantitative estimate of drug-likeness (QED) is 0.196. The number of halogens is 1. The monoisotopic (exact) mass is 505 g/mol. The summed E-state index contributed by atoms with van der Waals surface area (Å²) in [5.41, 5.74) is 1.20. The summed E-state index contributed by atoms with van der Waals surface area (Å²) < 4.78 is 5.17. The van der Waals surface area contributed by atoms with Crippen molar-refractivity contribution < 1.29 is 14.3 Å². The molecule has 9 heteroatoms. The first-order chi connectivity index (χ1) is 12.7. The van der Waals surface area contributed by atoms with Crippen molar-refractivity contribution in [1.29, 1.82) is 0 Å². The van der Waals surface area contributed by atoms with Gasteiger partial charge in [0.25, 0.3) is 5.91 Å². The van der Waals surface area contributed by atoms with Crippen molar-refractivity contribution in [3.05, 3.63) is 35.4 Å². The molecule has 0 unspecified atom stereocenters. The largest absolute Gasteiger partial charge is 0.444 e. The van der Waals surface area contributed by atoms with E-state index in [-0.39, 0.29) is 29.9 Å². The second-order valence-corrected chi connectivity index (χ2v) is 6.88. The first-order valence-corrected chi connectivity index (χ1v) is 8.97. The molecule has 0 fully saturated rings. The normalized spacial score (nSPS) is 11.1. The maximum Gasteiger partial charge on any atom is 0.407 e. The highest BCUT2D eigenvalue weighted by Gasteiger charge is 2.15. The number of carbonyl (C=O) groups excluding carboxylic acids is 2. The molecule has 28 heavy (non-hydrogen) atoms. The maximum absolute atomic E-state index is 11.7. The van der Waals surface area contributed by atoms with Gasteiger partial charge >= 0.3 is 6.09 Å². The van der Waals surface area contributed by atoms with Crippen molar-refractivity contribution in [3.63, 3.8) is 0 Å². The van der Waals surface area contributed by atoms with E-state index in [0.29, 0.717) is 31.2 Å². The van der Waals surface area contributed by atoms with Crippen LogP contribution in [0.2, 0.25) is 0 Å². The number of benzene rings is 1. The number of ether oxygens (including phenoxy) is 1. The smallest absolute Gasteiger partial charge is 0.407 e. The molecule has 0 aliphatic rings. The summed E-state index contributed by atoms with van der Waals surface area (Å²) in [5.74, 6) is 0.545. The molecular formula is C19H32IN5O3. The molecule has 158 valence electrons. The van der Waals surface area contributed by atoms with Gasteiger partial charge in [-0.2, -0.15) is 0 Å². The van der Waals surface area contributed by atoms with Crippen molar-refractivity contribution in [2.24, 2.45) is 4.99 Å². The van der Waals surface area contributed by atoms with Crippen LogP contribution in [0.4, 0.5) is 4.79 Å². The van der Waals surface area contributed by atoms with Crippen molar-refractivity contribution in [1.82, 2.24) is 21.3 Å². The number of nitrogens with zero attached hydrogens (tertiary/aromatic N) is 1. The average Bonchev–Trinajstić information content (AvgIpc) is 2.61. The van der Waals surface area contributed by atoms with Gasteiger partial charge in [0, 0.05) is 39.3 Å². The average molecular weight is 505 g/mol. The van der Waals surface area contributed by atoms with E-state index in [1.54, 1.807) is 20.2 Å². The molecule has 1 aromatic carbocycles. The van der Waals surface area contributed by atoms with E-state index in [4.69, 9.17) is 4.74 Å². The minimum absolute atomic E-state index is 0.